The van der Waals surface area contributed by atoms with Gasteiger partial charge < -0.3 is 4.90 Å². The highest BCUT2D eigenvalue weighted by molar-refractivity contribution is 6.41. The van der Waals surface area contributed by atoms with Crippen LogP contribution in [0.1, 0.15) is 19.4 Å². The second-order valence-corrected chi connectivity index (χ2v) is 7.70. The maximum absolute atomic E-state index is 13.2. The third-order valence-corrected chi connectivity index (χ3v) is 4.92. The average molecular weight is 403 g/mol. The normalized spacial score (nSPS) is 14.5. The minimum absolute atomic E-state index is 0.154. The maximum atomic E-state index is 13.2. The molecule has 3 rings (SSSR count). The monoisotopic (exact) mass is 402 g/mol. The Balaban J connectivity index is 2.18. The molecule has 0 fully saturated rings. The van der Waals surface area contributed by atoms with Crippen molar-refractivity contribution >= 4 is 46.3 Å². The molecular weight excluding hydrogens is 383 g/mol. The second-order valence-electron chi connectivity index (χ2n) is 6.86. The van der Waals surface area contributed by atoms with Crippen LogP contribution in [0.15, 0.2) is 54.2 Å². The van der Waals surface area contributed by atoms with Crippen LogP contribution in [0.4, 0.5) is 5.69 Å². The topological polar surface area (TPSA) is 40.6 Å². The fourth-order valence-electron chi connectivity index (χ4n) is 3.12. The highest BCUT2D eigenvalue weighted by Gasteiger charge is 2.41. The molecule has 4 nitrogen and oxygen atoms in total. The van der Waals surface area contributed by atoms with Gasteiger partial charge in [-0.15, -0.1) is 0 Å². The Morgan fingerprint density at radius 2 is 1.67 bits per heavy atom. The van der Waals surface area contributed by atoms with Crippen LogP contribution in [0.25, 0.3) is 5.57 Å². The van der Waals surface area contributed by atoms with Crippen molar-refractivity contribution in [2.24, 2.45) is 5.92 Å². The van der Waals surface area contributed by atoms with Gasteiger partial charge in [-0.3, -0.25) is 14.5 Å². The minimum Gasteiger partial charge on any atom is -0.339 e. The zero-order valence-electron chi connectivity index (χ0n) is 15.4. The third kappa shape index (κ3) is 3.73. The Morgan fingerprint density at radius 1 is 1.00 bits per heavy atom. The molecule has 6 heteroatoms. The standard InChI is InChI=1S/C21H20Cl2N2O2/c1-13(2)12-25-20(26)18(16-10-9-14(22)11-17(16)23)19(21(25)27)24(3)15-7-5-4-6-8-15/h4-11,13H,12H2,1-3H3. The van der Waals surface area contributed by atoms with Crippen LogP contribution in [0.2, 0.25) is 10.0 Å². The first kappa shape index (κ1) is 19.5. The SMILES string of the molecule is CC(C)CN1C(=O)C(c2ccc(Cl)cc2Cl)=C(N(C)c2ccccc2)C1=O. The fourth-order valence-corrected chi connectivity index (χ4v) is 3.62. The molecule has 0 aliphatic carbocycles. The summed E-state index contributed by atoms with van der Waals surface area (Å²) in [6.07, 6.45) is 0. The quantitative estimate of drug-likeness (QED) is 0.670. The van der Waals surface area contributed by atoms with E-state index in [0.717, 1.165) is 5.69 Å². The summed E-state index contributed by atoms with van der Waals surface area (Å²) in [5, 5.41) is 0.808. The van der Waals surface area contributed by atoms with Crippen molar-refractivity contribution in [1.82, 2.24) is 4.90 Å². The van der Waals surface area contributed by atoms with Gasteiger partial charge in [-0.25, -0.2) is 0 Å². The Morgan fingerprint density at radius 3 is 2.26 bits per heavy atom. The van der Waals surface area contributed by atoms with Crippen molar-refractivity contribution in [3.05, 3.63) is 69.8 Å². The lowest BCUT2D eigenvalue weighted by molar-refractivity contribution is -0.137. The fraction of sp³-hybridized carbons (Fsp3) is 0.238. The number of carbonyl (C=O) groups is 2. The molecule has 0 spiro atoms. The lowest BCUT2D eigenvalue weighted by atomic mass is 10.0. The molecule has 2 aromatic rings. The molecule has 0 saturated heterocycles. The van der Waals surface area contributed by atoms with Crippen LogP contribution in [0.5, 0.6) is 0 Å². The number of amides is 2. The summed E-state index contributed by atoms with van der Waals surface area (Å²) >= 11 is 12.4. The lowest BCUT2D eigenvalue weighted by Gasteiger charge is -2.22. The Bertz CT molecular complexity index is 923. The molecule has 0 N–H and O–H groups in total. The molecule has 1 heterocycles. The zero-order chi connectivity index (χ0) is 19.7. The number of hydrogen-bond donors (Lipinski definition) is 0. The number of likely N-dealkylation sites (N-methyl/N-ethyl adjacent to an activating group) is 1. The van der Waals surface area contributed by atoms with Gasteiger partial charge in [0.05, 0.1) is 10.6 Å². The summed E-state index contributed by atoms with van der Waals surface area (Å²) in [4.78, 5) is 29.4. The highest BCUT2D eigenvalue weighted by Crippen LogP contribution is 2.37. The summed E-state index contributed by atoms with van der Waals surface area (Å²) in [6, 6.07) is 14.4. The van der Waals surface area contributed by atoms with Crippen LogP contribution < -0.4 is 4.90 Å². The molecule has 0 saturated carbocycles. The van der Waals surface area contributed by atoms with E-state index in [1.165, 1.54) is 4.90 Å². The smallest absolute Gasteiger partial charge is 0.278 e. The van der Waals surface area contributed by atoms with Crippen LogP contribution in [-0.4, -0.2) is 30.3 Å². The van der Waals surface area contributed by atoms with Crippen LogP contribution >= 0.6 is 23.2 Å². The number of halogens is 2. The van der Waals surface area contributed by atoms with Gasteiger partial charge in [-0.05, 0) is 30.2 Å². The molecule has 0 unspecified atom stereocenters. The van der Waals surface area contributed by atoms with Crippen molar-refractivity contribution in [3.8, 4) is 0 Å². The number of anilines is 1. The number of nitrogens with zero attached hydrogens (tertiary/aromatic N) is 2. The van der Waals surface area contributed by atoms with E-state index in [0.29, 0.717) is 33.4 Å². The number of para-hydroxylation sites is 1. The Labute approximate surface area is 169 Å². The highest BCUT2D eigenvalue weighted by atomic mass is 35.5. The van der Waals surface area contributed by atoms with Gasteiger partial charge in [-0.1, -0.05) is 61.3 Å². The summed E-state index contributed by atoms with van der Waals surface area (Å²) in [5.74, 6) is -0.502. The number of imide groups is 1. The van der Waals surface area contributed by atoms with Crippen molar-refractivity contribution in [3.63, 3.8) is 0 Å². The van der Waals surface area contributed by atoms with Gasteiger partial charge in [0.1, 0.15) is 5.70 Å². The first-order chi connectivity index (χ1) is 12.8. The van der Waals surface area contributed by atoms with Crippen LogP contribution in [0, 0.1) is 5.92 Å². The van der Waals surface area contributed by atoms with E-state index < -0.39 is 0 Å². The van der Waals surface area contributed by atoms with Crippen molar-refractivity contribution < 1.29 is 9.59 Å². The van der Waals surface area contributed by atoms with E-state index in [1.807, 2.05) is 44.2 Å². The third-order valence-electron chi connectivity index (χ3n) is 4.37. The van der Waals surface area contributed by atoms with Crippen molar-refractivity contribution in [1.29, 1.82) is 0 Å². The second kappa shape index (κ2) is 7.75. The van der Waals surface area contributed by atoms with E-state index in [1.54, 1.807) is 30.1 Å². The molecule has 2 aromatic carbocycles. The lowest BCUT2D eigenvalue weighted by Crippen LogP contribution is -2.36. The summed E-state index contributed by atoms with van der Waals surface area (Å²) < 4.78 is 0. The summed E-state index contributed by atoms with van der Waals surface area (Å²) in [7, 11) is 1.78. The Hall–Kier alpha value is -2.30. The van der Waals surface area contributed by atoms with Crippen molar-refractivity contribution in [2.75, 3.05) is 18.5 Å². The first-order valence-electron chi connectivity index (χ1n) is 8.66. The van der Waals surface area contributed by atoms with Gasteiger partial charge in [0.2, 0.25) is 0 Å². The van der Waals surface area contributed by atoms with Gasteiger partial charge >= 0.3 is 0 Å². The number of benzene rings is 2. The molecule has 1 aliphatic rings. The molecule has 0 bridgehead atoms. The number of rotatable bonds is 5. The predicted molar refractivity (Wildman–Crippen MR) is 110 cm³/mol. The summed E-state index contributed by atoms with van der Waals surface area (Å²) in [5.41, 5.74) is 1.93. The Kier molecular flexibility index (Phi) is 5.59. The molecule has 27 heavy (non-hydrogen) atoms. The van der Waals surface area contributed by atoms with Crippen molar-refractivity contribution in [2.45, 2.75) is 13.8 Å². The predicted octanol–water partition coefficient (Wildman–Crippen LogP) is 4.87. The van der Waals surface area contributed by atoms with Gasteiger partial charge in [-0.2, -0.15) is 0 Å². The molecule has 1 aliphatic heterocycles. The number of hydrogen-bond acceptors (Lipinski definition) is 3. The van der Waals surface area contributed by atoms with E-state index in [2.05, 4.69) is 0 Å². The van der Waals surface area contributed by atoms with Gasteiger partial charge in [0.25, 0.3) is 11.8 Å². The molecule has 0 atom stereocenters. The van der Waals surface area contributed by atoms with E-state index >= 15 is 0 Å². The summed E-state index contributed by atoms with van der Waals surface area (Å²) in [6.45, 7) is 4.28. The van der Waals surface area contributed by atoms with Crippen LogP contribution in [0.3, 0.4) is 0 Å². The molecular formula is C21H20Cl2N2O2. The largest absolute Gasteiger partial charge is 0.339 e. The number of carbonyl (C=O) groups excluding carboxylic acids is 2. The first-order valence-corrected chi connectivity index (χ1v) is 9.41. The van der Waals surface area contributed by atoms with Gasteiger partial charge in [0.15, 0.2) is 0 Å². The molecule has 0 radical (unpaired) electrons. The minimum atomic E-state index is -0.337. The zero-order valence-corrected chi connectivity index (χ0v) is 16.9. The average Bonchev–Trinajstić information content (AvgIpc) is 2.86. The molecule has 140 valence electrons. The molecule has 2 amide bonds. The van der Waals surface area contributed by atoms with Crippen LogP contribution in [-0.2, 0) is 9.59 Å². The van der Waals surface area contributed by atoms with E-state index in [9.17, 15) is 9.59 Å². The molecule has 0 aromatic heterocycles. The van der Waals surface area contributed by atoms with E-state index in [4.69, 9.17) is 23.2 Å². The maximum Gasteiger partial charge on any atom is 0.278 e. The van der Waals surface area contributed by atoms with E-state index in [-0.39, 0.29) is 17.7 Å². The van der Waals surface area contributed by atoms with Gasteiger partial charge in [0, 0.05) is 29.9 Å².